The summed E-state index contributed by atoms with van der Waals surface area (Å²) < 4.78 is 8.74. The van der Waals surface area contributed by atoms with Gasteiger partial charge in [0.25, 0.3) is 0 Å². The number of aliphatic hydroxyl groups excluding tert-OH is 1. The number of rotatable bonds is 6. The first-order valence-corrected chi connectivity index (χ1v) is 7.76. The quantitative estimate of drug-likeness (QED) is 0.521. The maximum atomic E-state index is 9.49. The highest BCUT2D eigenvalue weighted by Crippen LogP contribution is 2.24. The van der Waals surface area contributed by atoms with Crippen LogP contribution in [0.4, 0.5) is 0 Å². The molecule has 0 spiro atoms. The van der Waals surface area contributed by atoms with Crippen molar-refractivity contribution in [3.05, 3.63) is 0 Å². The van der Waals surface area contributed by atoms with Crippen LogP contribution in [-0.4, -0.2) is 31.8 Å². The first-order valence-electron chi connectivity index (χ1n) is 5.58. The van der Waals surface area contributed by atoms with Crippen LogP contribution < -0.4 is 0 Å². The third kappa shape index (κ3) is 16.7. The molecule has 0 saturated heterocycles. The molecule has 0 aliphatic rings. The van der Waals surface area contributed by atoms with E-state index in [9.17, 15) is 5.11 Å². The van der Waals surface area contributed by atoms with Crippen LogP contribution in [0.5, 0.6) is 0 Å². The molecule has 0 bridgehead atoms. The number of hydrogen-bond donors (Lipinski definition) is 3. The van der Waals surface area contributed by atoms with E-state index in [1.165, 1.54) is 0 Å². The Labute approximate surface area is 114 Å². The molecule has 0 aromatic rings. The Kier molecular flexibility index (Phi) is 13.8. The van der Waals surface area contributed by atoms with Crippen LogP contribution in [0.1, 0.15) is 40.0 Å². The minimum Gasteiger partial charge on any atom is -0.393 e. The molecule has 4 nitrogen and oxygen atoms in total. The zero-order valence-electron chi connectivity index (χ0n) is 10.4. The Morgan fingerprint density at radius 1 is 1.18 bits per heavy atom. The molecule has 0 aliphatic heterocycles. The molecule has 7 heteroatoms. The lowest BCUT2D eigenvalue weighted by atomic mass is 9.93. The van der Waals surface area contributed by atoms with Crippen molar-refractivity contribution in [1.82, 2.24) is 0 Å². The van der Waals surface area contributed by atoms with Gasteiger partial charge in [0.05, 0.1) is 6.10 Å². The van der Waals surface area contributed by atoms with Gasteiger partial charge in [0.1, 0.15) is 0 Å². The van der Waals surface area contributed by atoms with E-state index in [0.717, 1.165) is 19.3 Å². The molecule has 0 fully saturated rings. The molecule has 0 aromatic heterocycles. The summed E-state index contributed by atoms with van der Waals surface area (Å²) in [5, 5.41) is 9.71. The molecule has 0 saturated carbocycles. The highest BCUT2D eigenvalue weighted by Gasteiger charge is 2.20. The second-order valence-corrected chi connectivity index (χ2v) is 6.03. The summed E-state index contributed by atoms with van der Waals surface area (Å²) in [6.07, 6.45) is 2.19. The standard InChI is InChI=1S/C10H20Cl2O.H3O3P/c1-4-10(13)6-9(8(3)12)5-7(2)11;1-4(2)3/h7-10,13H,4-6H2,1-3H3;4H,(H2,1,2,3). The largest absolute Gasteiger partial charge is 0.393 e. The van der Waals surface area contributed by atoms with E-state index in [4.69, 9.17) is 37.6 Å². The monoisotopic (exact) mass is 308 g/mol. The van der Waals surface area contributed by atoms with E-state index in [2.05, 4.69) is 0 Å². The van der Waals surface area contributed by atoms with Crippen LogP contribution >= 0.6 is 31.5 Å². The minimum absolute atomic E-state index is 0.0856. The minimum atomic E-state index is -3.13. The predicted molar refractivity (Wildman–Crippen MR) is 73.1 cm³/mol. The SMILES string of the molecule is CCC(O)CC(CC(C)Cl)C(C)Cl.O=[PH](O)O. The summed E-state index contributed by atoms with van der Waals surface area (Å²) >= 11 is 11.9. The fourth-order valence-corrected chi connectivity index (χ4v) is 1.84. The van der Waals surface area contributed by atoms with Crippen molar-refractivity contribution in [3.8, 4) is 0 Å². The van der Waals surface area contributed by atoms with Crippen molar-refractivity contribution in [2.24, 2.45) is 5.92 Å². The van der Waals surface area contributed by atoms with Gasteiger partial charge in [0, 0.05) is 10.8 Å². The molecule has 0 aliphatic carbocycles. The van der Waals surface area contributed by atoms with Crippen LogP contribution in [-0.2, 0) is 4.57 Å². The first-order chi connectivity index (χ1) is 7.70. The van der Waals surface area contributed by atoms with Crippen LogP contribution in [0.15, 0.2) is 0 Å². The Hall–Kier alpha value is 0.690. The molecule has 0 radical (unpaired) electrons. The Morgan fingerprint density at radius 3 is 1.82 bits per heavy atom. The summed E-state index contributed by atoms with van der Waals surface area (Å²) in [6.45, 7) is 5.91. The maximum absolute atomic E-state index is 9.49. The summed E-state index contributed by atoms with van der Waals surface area (Å²) in [7, 11) is -3.13. The van der Waals surface area contributed by atoms with Gasteiger partial charge in [-0.2, -0.15) is 0 Å². The van der Waals surface area contributed by atoms with E-state index in [1.54, 1.807) is 0 Å². The average molecular weight is 309 g/mol. The lowest BCUT2D eigenvalue weighted by Gasteiger charge is -2.22. The Balaban J connectivity index is 0. The topological polar surface area (TPSA) is 77.8 Å². The fraction of sp³-hybridized carbons (Fsp3) is 1.00. The van der Waals surface area contributed by atoms with Crippen molar-refractivity contribution in [2.45, 2.75) is 56.9 Å². The number of alkyl halides is 2. The van der Waals surface area contributed by atoms with Gasteiger partial charge < -0.3 is 14.9 Å². The zero-order chi connectivity index (χ0) is 14.0. The van der Waals surface area contributed by atoms with E-state index in [1.807, 2.05) is 20.8 Å². The molecule has 0 rings (SSSR count). The number of hydrogen-bond acceptors (Lipinski definition) is 2. The van der Waals surface area contributed by atoms with Crippen LogP contribution in [0, 0.1) is 5.92 Å². The highest BCUT2D eigenvalue weighted by atomic mass is 35.5. The third-order valence-electron chi connectivity index (χ3n) is 2.32. The first kappa shape index (κ1) is 20.0. The van der Waals surface area contributed by atoms with Gasteiger partial charge >= 0.3 is 8.25 Å². The molecule has 0 aromatic carbocycles. The van der Waals surface area contributed by atoms with Crippen molar-refractivity contribution in [2.75, 3.05) is 0 Å². The van der Waals surface area contributed by atoms with Crippen molar-refractivity contribution >= 4 is 31.5 Å². The van der Waals surface area contributed by atoms with Gasteiger partial charge in [0.15, 0.2) is 0 Å². The number of halogens is 2. The van der Waals surface area contributed by atoms with Gasteiger partial charge in [-0.05, 0) is 39.0 Å². The van der Waals surface area contributed by atoms with E-state index in [-0.39, 0.29) is 16.9 Å². The number of aliphatic hydroxyl groups is 1. The fourth-order valence-electron chi connectivity index (χ4n) is 1.40. The molecular formula is C10H23Cl2O4P. The Bertz CT molecular complexity index is 199. The molecule has 4 unspecified atom stereocenters. The Morgan fingerprint density at radius 2 is 1.59 bits per heavy atom. The van der Waals surface area contributed by atoms with E-state index < -0.39 is 8.25 Å². The molecule has 3 N–H and O–H groups in total. The van der Waals surface area contributed by atoms with Gasteiger partial charge in [-0.1, -0.05) is 6.92 Å². The van der Waals surface area contributed by atoms with Crippen molar-refractivity contribution in [3.63, 3.8) is 0 Å². The summed E-state index contributed by atoms with van der Waals surface area (Å²) in [4.78, 5) is 14.3. The molecule has 4 atom stereocenters. The lowest BCUT2D eigenvalue weighted by Crippen LogP contribution is -2.21. The van der Waals surface area contributed by atoms with E-state index >= 15 is 0 Å². The maximum Gasteiger partial charge on any atom is 0.314 e. The summed E-state index contributed by atoms with van der Waals surface area (Å²) in [6, 6.07) is 0. The molecular weight excluding hydrogens is 286 g/mol. The second-order valence-electron chi connectivity index (χ2n) is 4.03. The van der Waals surface area contributed by atoms with Crippen LogP contribution in [0.2, 0.25) is 0 Å². The van der Waals surface area contributed by atoms with Crippen LogP contribution in [0.3, 0.4) is 0 Å². The molecule has 0 heterocycles. The zero-order valence-corrected chi connectivity index (χ0v) is 12.9. The summed E-state index contributed by atoms with van der Waals surface area (Å²) in [5.74, 6) is 0.323. The van der Waals surface area contributed by atoms with Gasteiger partial charge in [-0.15, -0.1) is 23.2 Å². The lowest BCUT2D eigenvalue weighted by molar-refractivity contribution is 0.135. The van der Waals surface area contributed by atoms with Crippen molar-refractivity contribution in [1.29, 1.82) is 0 Å². The highest BCUT2D eigenvalue weighted by molar-refractivity contribution is 7.30. The molecule has 0 amide bonds. The normalized spacial score (nSPS) is 17.9. The third-order valence-corrected chi connectivity index (χ3v) is 2.86. The average Bonchev–Trinajstić information content (AvgIpc) is 2.14. The van der Waals surface area contributed by atoms with Gasteiger partial charge in [-0.25, -0.2) is 0 Å². The second kappa shape index (κ2) is 11.8. The predicted octanol–water partition coefficient (Wildman–Crippen LogP) is 2.77. The summed E-state index contributed by atoms with van der Waals surface area (Å²) in [5.41, 5.74) is 0. The van der Waals surface area contributed by atoms with Crippen molar-refractivity contribution < 1.29 is 19.5 Å². The molecule has 106 valence electrons. The van der Waals surface area contributed by atoms with E-state index in [0.29, 0.717) is 5.92 Å². The van der Waals surface area contributed by atoms with Gasteiger partial charge in [0.2, 0.25) is 0 Å². The van der Waals surface area contributed by atoms with Crippen LogP contribution in [0.25, 0.3) is 0 Å². The van der Waals surface area contributed by atoms with Gasteiger partial charge in [-0.3, -0.25) is 4.57 Å². The smallest absolute Gasteiger partial charge is 0.314 e. The molecule has 17 heavy (non-hydrogen) atoms.